The van der Waals surface area contributed by atoms with Gasteiger partial charge in [-0.15, -0.1) is 0 Å². The third-order valence-corrected chi connectivity index (χ3v) is 0.961. The third-order valence-electron chi connectivity index (χ3n) is 0.961. The van der Waals surface area contributed by atoms with Gasteiger partial charge >= 0.3 is 0 Å². The monoisotopic (exact) mass is 114 g/mol. The lowest BCUT2D eigenvalue weighted by molar-refractivity contribution is 0.668. The van der Waals surface area contributed by atoms with Crippen LogP contribution in [0.1, 0.15) is 20.3 Å². The van der Waals surface area contributed by atoms with E-state index in [4.69, 9.17) is 0 Å². The number of rotatable bonds is 2. The molecule has 0 saturated heterocycles. The van der Waals surface area contributed by atoms with Crippen molar-refractivity contribution in [3.8, 4) is 0 Å². The Kier molecular flexibility index (Phi) is 3.16. The highest BCUT2D eigenvalue weighted by atomic mass is 19.1. The predicted octanol–water partition coefficient (Wildman–Crippen LogP) is 2.83. The van der Waals surface area contributed by atoms with Crippen LogP contribution in [0, 0.1) is 0 Å². The van der Waals surface area contributed by atoms with Gasteiger partial charge in [0, 0.05) is 0 Å². The first-order valence-corrected chi connectivity index (χ1v) is 2.68. The summed E-state index contributed by atoms with van der Waals surface area (Å²) in [6, 6.07) is 0. The Morgan fingerprint density at radius 2 is 2.25 bits per heavy atom. The highest BCUT2D eigenvalue weighted by Crippen LogP contribution is 2.03. The maximum atomic E-state index is 11.9. The Morgan fingerprint density at radius 1 is 1.75 bits per heavy atom. The standard InChI is InChI=1S/C7H11F/c1-4-6(2)5-7(3)8/h5H,3-4H2,1-2H3/b6-5+. The van der Waals surface area contributed by atoms with Crippen LogP contribution >= 0.6 is 0 Å². The van der Waals surface area contributed by atoms with E-state index in [0.717, 1.165) is 12.0 Å². The molecule has 0 saturated carbocycles. The number of hydrogen-bond acceptors (Lipinski definition) is 0. The Balaban J connectivity index is 3.75. The fraction of sp³-hybridized carbons (Fsp3) is 0.429. The lowest BCUT2D eigenvalue weighted by Gasteiger charge is -1.89. The molecule has 0 heterocycles. The molecule has 0 aliphatic carbocycles. The molecule has 0 fully saturated rings. The molecule has 0 atom stereocenters. The Labute approximate surface area is 49.7 Å². The van der Waals surface area contributed by atoms with Gasteiger partial charge in [-0.25, -0.2) is 4.39 Å². The molecule has 0 unspecified atom stereocenters. The van der Waals surface area contributed by atoms with Gasteiger partial charge in [0.15, 0.2) is 0 Å². The van der Waals surface area contributed by atoms with E-state index in [9.17, 15) is 4.39 Å². The van der Waals surface area contributed by atoms with Crippen molar-refractivity contribution in [1.82, 2.24) is 0 Å². The second kappa shape index (κ2) is 3.42. The summed E-state index contributed by atoms with van der Waals surface area (Å²) in [7, 11) is 0. The van der Waals surface area contributed by atoms with E-state index in [1.54, 1.807) is 0 Å². The van der Waals surface area contributed by atoms with E-state index in [1.165, 1.54) is 6.08 Å². The van der Waals surface area contributed by atoms with E-state index < -0.39 is 0 Å². The van der Waals surface area contributed by atoms with Crippen molar-refractivity contribution in [3.63, 3.8) is 0 Å². The molecule has 0 aliphatic rings. The zero-order chi connectivity index (χ0) is 6.57. The van der Waals surface area contributed by atoms with Gasteiger partial charge in [0.25, 0.3) is 0 Å². The van der Waals surface area contributed by atoms with Crippen molar-refractivity contribution >= 4 is 0 Å². The van der Waals surface area contributed by atoms with Gasteiger partial charge in [0.1, 0.15) is 5.83 Å². The van der Waals surface area contributed by atoms with Crippen molar-refractivity contribution in [1.29, 1.82) is 0 Å². The molecular weight excluding hydrogens is 103 g/mol. The van der Waals surface area contributed by atoms with Crippen LogP contribution in [-0.2, 0) is 0 Å². The normalized spacial score (nSPS) is 11.6. The summed E-state index contributed by atoms with van der Waals surface area (Å²) in [6.45, 7) is 6.96. The minimum atomic E-state index is -0.357. The van der Waals surface area contributed by atoms with Crippen LogP contribution in [0.25, 0.3) is 0 Å². The van der Waals surface area contributed by atoms with E-state index in [-0.39, 0.29) is 5.83 Å². The minimum absolute atomic E-state index is 0.357. The molecule has 0 amide bonds. The van der Waals surface area contributed by atoms with E-state index in [1.807, 2.05) is 13.8 Å². The number of hydrogen-bond donors (Lipinski definition) is 0. The first kappa shape index (κ1) is 7.41. The molecule has 0 aliphatic heterocycles. The van der Waals surface area contributed by atoms with Crippen LogP contribution in [-0.4, -0.2) is 0 Å². The molecule has 0 rings (SSSR count). The van der Waals surface area contributed by atoms with Crippen LogP contribution < -0.4 is 0 Å². The zero-order valence-electron chi connectivity index (χ0n) is 5.37. The van der Waals surface area contributed by atoms with Crippen LogP contribution in [0.2, 0.25) is 0 Å². The smallest absolute Gasteiger partial charge is 0.115 e. The predicted molar refractivity (Wildman–Crippen MR) is 34.3 cm³/mol. The van der Waals surface area contributed by atoms with Gasteiger partial charge in [-0.1, -0.05) is 19.1 Å². The molecule has 0 aromatic heterocycles. The van der Waals surface area contributed by atoms with Crippen molar-refractivity contribution < 1.29 is 4.39 Å². The van der Waals surface area contributed by atoms with Crippen molar-refractivity contribution in [3.05, 3.63) is 24.1 Å². The molecule has 0 bridgehead atoms. The van der Waals surface area contributed by atoms with Gasteiger partial charge in [-0.3, -0.25) is 0 Å². The minimum Gasteiger partial charge on any atom is -0.208 e. The molecular formula is C7H11F. The van der Waals surface area contributed by atoms with Crippen LogP contribution in [0.3, 0.4) is 0 Å². The summed E-state index contributed by atoms with van der Waals surface area (Å²) in [5.41, 5.74) is 1.03. The molecule has 1 heteroatoms. The molecule has 0 spiro atoms. The lowest BCUT2D eigenvalue weighted by Crippen LogP contribution is -1.69. The van der Waals surface area contributed by atoms with Crippen molar-refractivity contribution in [2.45, 2.75) is 20.3 Å². The third kappa shape index (κ3) is 3.59. The quantitative estimate of drug-likeness (QED) is 0.484. The molecule has 0 radical (unpaired) electrons. The highest BCUT2D eigenvalue weighted by molar-refractivity contribution is 5.12. The van der Waals surface area contributed by atoms with E-state index in [2.05, 4.69) is 6.58 Å². The molecule has 0 N–H and O–H groups in total. The summed E-state index contributed by atoms with van der Waals surface area (Å²) in [4.78, 5) is 0. The fourth-order valence-corrected chi connectivity index (χ4v) is 0.369. The van der Waals surface area contributed by atoms with Gasteiger partial charge in [-0.2, -0.15) is 0 Å². The largest absolute Gasteiger partial charge is 0.208 e. The van der Waals surface area contributed by atoms with E-state index >= 15 is 0 Å². The van der Waals surface area contributed by atoms with Crippen LogP contribution in [0.4, 0.5) is 4.39 Å². The second-order valence-corrected chi connectivity index (χ2v) is 1.79. The SMILES string of the molecule is C=C(F)/C=C(\C)CC. The summed E-state index contributed by atoms with van der Waals surface area (Å²) in [6.07, 6.45) is 2.34. The number of halogens is 1. The zero-order valence-corrected chi connectivity index (χ0v) is 5.37. The van der Waals surface area contributed by atoms with Gasteiger partial charge in [0.05, 0.1) is 0 Å². The van der Waals surface area contributed by atoms with Crippen LogP contribution in [0.5, 0.6) is 0 Å². The van der Waals surface area contributed by atoms with Crippen molar-refractivity contribution in [2.24, 2.45) is 0 Å². The highest BCUT2D eigenvalue weighted by Gasteiger charge is 1.83. The van der Waals surface area contributed by atoms with Gasteiger partial charge in [0.2, 0.25) is 0 Å². The van der Waals surface area contributed by atoms with E-state index in [0.29, 0.717) is 0 Å². The average molecular weight is 114 g/mol. The Bertz CT molecular complexity index is 112. The first-order valence-electron chi connectivity index (χ1n) is 2.68. The molecule has 8 heavy (non-hydrogen) atoms. The summed E-state index contributed by atoms with van der Waals surface area (Å²) in [5, 5.41) is 0. The lowest BCUT2D eigenvalue weighted by atomic mass is 10.2. The fourth-order valence-electron chi connectivity index (χ4n) is 0.369. The summed E-state index contributed by atoms with van der Waals surface area (Å²) in [5.74, 6) is -0.357. The molecule has 0 aromatic carbocycles. The van der Waals surface area contributed by atoms with Crippen LogP contribution in [0.15, 0.2) is 24.1 Å². The molecule has 0 nitrogen and oxygen atoms in total. The number of allylic oxidation sites excluding steroid dienone is 3. The Morgan fingerprint density at radius 3 is 2.38 bits per heavy atom. The molecule has 0 aromatic rings. The second-order valence-electron chi connectivity index (χ2n) is 1.79. The van der Waals surface area contributed by atoms with Crippen molar-refractivity contribution in [2.75, 3.05) is 0 Å². The first-order chi connectivity index (χ1) is 3.66. The Hall–Kier alpha value is -0.590. The maximum absolute atomic E-state index is 11.9. The molecule has 46 valence electrons. The summed E-state index contributed by atoms with van der Waals surface area (Å²) >= 11 is 0. The maximum Gasteiger partial charge on any atom is 0.115 e. The topological polar surface area (TPSA) is 0 Å². The average Bonchev–Trinajstić information content (AvgIpc) is 1.65. The summed E-state index contributed by atoms with van der Waals surface area (Å²) < 4.78 is 11.9. The van der Waals surface area contributed by atoms with Gasteiger partial charge in [-0.05, 0) is 19.4 Å². The van der Waals surface area contributed by atoms with Gasteiger partial charge < -0.3 is 0 Å².